The average Bonchev–Trinajstić information content (AvgIpc) is 2.49. The van der Waals surface area contributed by atoms with E-state index in [1.165, 1.54) is 0 Å². The van der Waals surface area contributed by atoms with Crippen LogP contribution in [0, 0.1) is 6.92 Å². The normalized spacial score (nSPS) is 18.4. The summed E-state index contributed by atoms with van der Waals surface area (Å²) in [4.78, 5) is 11.7. The fourth-order valence-corrected chi connectivity index (χ4v) is 3.63. The molecule has 0 unspecified atom stereocenters. The zero-order valence-corrected chi connectivity index (χ0v) is 14.1. The second-order valence-electron chi connectivity index (χ2n) is 5.71. The number of hydrogen-bond acceptors (Lipinski definition) is 5. The van der Waals surface area contributed by atoms with Crippen molar-refractivity contribution in [1.82, 2.24) is 4.72 Å². The lowest BCUT2D eigenvalue weighted by Gasteiger charge is -2.22. The third-order valence-electron chi connectivity index (χ3n) is 3.57. The van der Waals surface area contributed by atoms with Crippen molar-refractivity contribution in [3.05, 3.63) is 29.8 Å². The summed E-state index contributed by atoms with van der Waals surface area (Å²) in [5, 5.41) is 0. The fourth-order valence-electron chi connectivity index (χ4n) is 2.35. The summed E-state index contributed by atoms with van der Waals surface area (Å²) in [6.45, 7) is 2.68. The second-order valence-corrected chi connectivity index (χ2v) is 7.47. The van der Waals surface area contributed by atoms with Gasteiger partial charge in [-0.3, -0.25) is 9.52 Å². The maximum absolute atomic E-state index is 11.9. The lowest BCUT2D eigenvalue weighted by atomic mass is 10.1. The molecule has 1 saturated heterocycles. The zero-order valence-electron chi connectivity index (χ0n) is 13.3. The van der Waals surface area contributed by atoms with Gasteiger partial charge in [-0.25, -0.2) is 8.42 Å². The van der Waals surface area contributed by atoms with Crippen molar-refractivity contribution in [2.24, 2.45) is 0 Å². The molecular weight excluding hydrogens is 318 g/mol. The minimum Gasteiger partial charge on any atom is -0.493 e. The minimum absolute atomic E-state index is 0.0152. The van der Waals surface area contributed by atoms with E-state index in [2.05, 4.69) is 4.72 Å². The Morgan fingerprint density at radius 2 is 2.04 bits per heavy atom. The number of benzene rings is 1. The molecular formula is C16H23NO5S. The van der Waals surface area contributed by atoms with Gasteiger partial charge in [0.25, 0.3) is 0 Å². The Kier molecular flexibility index (Phi) is 6.41. The molecule has 0 aromatic heterocycles. The maximum atomic E-state index is 11.9. The van der Waals surface area contributed by atoms with E-state index in [1.807, 2.05) is 31.2 Å². The molecule has 1 aromatic carbocycles. The van der Waals surface area contributed by atoms with Gasteiger partial charge in [-0.15, -0.1) is 0 Å². The Morgan fingerprint density at radius 1 is 1.30 bits per heavy atom. The van der Waals surface area contributed by atoms with Gasteiger partial charge in [-0.2, -0.15) is 0 Å². The molecule has 1 heterocycles. The van der Waals surface area contributed by atoms with Gasteiger partial charge in [-0.05, 0) is 38.3 Å². The summed E-state index contributed by atoms with van der Waals surface area (Å²) >= 11 is 0. The zero-order chi connectivity index (χ0) is 16.7. The summed E-state index contributed by atoms with van der Waals surface area (Å²) < 4.78 is 36.7. The number of carbonyl (C=O) groups is 1. The van der Waals surface area contributed by atoms with Gasteiger partial charge < -0.3 is 9.47 Å². The van der Waals surface area contributed by atoms with Gasteiger partial charge in [0.15, 0.2) is 0 Å². The van der Waals surface area contributed by atoms with E-state index >= 15 is 0 Å². The summed E-state index contributed by atoms with van der Waals surface area (Å²) in [6.07, 6.45) is 2.29. The maximum Gasteiger partial charge on any atom is 0.237 e. The molecule has 6 nitrogen and oxygen atoms in total. The molecule has 1 fully saturated rings. The number of rotatable bonds is 7. The van der Waals surface area contributed by atoms with Crippen LogP contribution >= 0.6 is 0 Å². The summed E-state index contributed by atoms with van der Waals surface area (Å²) in [6, 6.07) is 7.43. The van der Waals surface area contributed by atoms with Crippen LogP contribution in [-0.2, 0) is 19.6 Å². The molecule has 2 rings (SSSR count). The van der Waals surface area contributed by atoms with Gasteiger partial charge >= 0.3 is 0 Å². The van der Waals surface area contributed by atoms with E-state index in [9.17, 15) is 13.2 Å². The first-order valence-electron chi connectivity index (χ1n) is 7.79. The molecule has 1 amide bonds. The molecule has 1 N–H and O–H groups in total. The molecule has 23 heavy (non-hydrogen) atoms. The highest BCUT2D eigenvalue weighted by molar-refractivity contribution is 7.90. The van der Waals surface area contributed by atoms with Crippen LogP contribution in [0.5, 0.6) is 5.75 Å². The first-order chi connectivity index (χ1) is 10.9. The Bertz CT molecular complexity index is 606. The van der Waals surface area contributed by atoms with E-state index in [0.717, 1.165) is 18.4 Å². The summed E-state index contributed by atoms with van der Waals surface area (Å²) in [5.41, 5.74) is 1.12. The average molecular weight is 341 g/mol. The van der Waals surface area contributed by atoms with Gasteiger partial charge in [0.2, 0.25) is 15.9 Å². The highest BCUT2D eigenvalue weighted by Crippen LogP contribution is 2.14. The molecule has 1 aliphatic rings. The molecule has 0 bridgehead atoms. The van der Waals surface area contributed by atoms with Gasteiger partial charge in [0.05, 0.1) is 24.9 Å². The number of carbonyl (C=O) groups excluding carboxylic acids is 1. The number of nitrogens with one attached hydrogen (secondary N) is 1. The van der Waals surface area contributed by atoms with Crippen LogP contribution in [0.3, 0.4) is 0 Å². The number of amides is 1. The molecule has 0 aliphatic carbocycles. The standard InChI is InChI=1S/C16H23NO5S/c1-13-5-7-14(8-6-13)22-11-9-16(18)17-23(19,20)12-15-4-2-3-10-21-15/h5-8,15H,2-4,9-12H2,1H3,(H,17,18)/t15-/m0/s1. The third kappa shape index (κ3) is 6.58. The van der Waals surface area contributed by atoms with Crippen molar-refractivity contribution < 1.29 is 22.7 Å². The van der Waals surface area contributed by atoms with E-state index < -0.39 is 15.9 Å². The van der Waals surface area contributed by atoms with Crippen molar-refractivity contribution >= 4 is 15.9 Å². The van der Waals surface area contributed by atoms with Crippen LogP contribution in [0.1, 0.15) is 31.2 Å². The third-order valence-corrected chi connectivity index (χ3v) is 4.92. The van der Waals surface area contributed by atoms with Gasteiger partial charge in [-0.1, -0.05) is 17.7 Å². The van der Waals surface area contributed by atoms with Crippen LogP contribution in [0.15, 0.2) is 24.3 Å². The number of aryl methyl sites for hydroxylation is 1. The predicted molar refractivity (Wildman–Crippen MR) is 86.8 cm³/mol. The Hall–Kier alpha value is -1.60. The first kappa shape index (κ1) is 17.7. The molecule has 1 atom stereocenters. The topological polar surface area (TPSA) is 81.7 Å². The Labute approximate surface area is 137 Å². The molecule has 128 valence electrons. The van der Waals surface area contributed by atoms with Crippen LogP contribution in [0.2, 0.25) is 0 Å². The Balaban J connectivity index is 1.71. The highest BCUT2D eigenvalue weighted by Gasteiger charge is 2.23. The van der Waals surface area contributed by atoms with Crippen LogP contribution in [0.25, 0.3) is 0 Å². The smallest absolute Gasteiger partial charge is 0.237 e. The molecule has 0 spiro atoms. The Morgan fingerprint density at radius 3 is 2.70 bits per heavy atom. The lowest BCUT2D eigenvalue weighted by molar-refractivity contribution is -0.119. The highest BCUT2D eigenvalue weighted by atomic mass is 32.2. The van der Waals surface area contributed by atoms with Crippen LogP contribution < -0.4 is 9.46 Å². The van der Waals surface area contributed by atoms with E-state index in [4.69, 9.17) is 9.47 Å². The largest absolute Gasteiger partial charge is 0.493 e. The van der Waals surface area contributed by atoms with Gasteiger partial charge in [0.1, 0.15) is 5.75 Å². The van der Waals surface area contributed by atoms with Crippen LogP contribution in [0.4, 0.5) is 0 Å². The van der Waals surface area contributed by atoms with Gasteiger partial charge in [0, 0.05) is 6.61 Å². The summed E-state index contributed by atoms with van der Waals surface area (Å²) in [7, 11) is -3.66. The molecule has 0 radical (unpaired) electrons. The fraction of sp³-hybridized carbons (Fsp3) is 0.562. The van der Waals surface area contributed by atoms with E-state index in [0.29, 0.717) is 18.8 Å². The van der Waals surface area contributed by atoms with Crippen molar-refractivity contribution in [3.8, 4) is 5.75 Å². The van der Waals surface area contributed by atoms with E-state index in [-0.39, 0.29) is 24.9 Å². The van der Waals surface area contributed by atoms with Crippen LogP contribution in [-0.4, -0.2) is 39.4 Å². The number of sulfonamides is 1. The lowest BCUT2D eigenvalue weighted by Crippen LogP contribution is -2.38. The van der Waals surface area contributed by atoms with Crippen molar-refractivity contribution in [3.63, 3.8) is 0 Å². The molecule has 1 aromatic rings. The van der Waals surface area contributed by atoms with Crippen molar-refractivity contribution in [1.29, 1.82) is 0 Å². The van der Waals surface area contributed by atoms with Crippen molar-refractivity contribution in [2.45, 2.75) is 38.7 Å². The van der Waals surface area contributed by atoms with Crippen molar-refractivity contribution in [2.75, 3.05) is 19.0 Å². The first-order valence-corrected chi connectivity index (χ1v) is 9.44. The SMILES string of the molecule is Cc1ccc(OCCC(=O)NS(=O)(=O)C[C@@H]2CCCCO2)cc1. The quantitative estimate of drug-likeness (QED) is 0.817. The predicted octanol–water partition coefficient (Wildman–Crippen LogP) is 1.78. The number of hydrogen-bond donors (Lipinski definition) is 1. The molecule has 1 aliphatic heterocycles. The summed E-state index contributed by atoms with van der Waals surface area (Å²) in [5.74, 6) is -0.0767. The molecule has 0 saturated carbocycles. The molecule has 7 heteroatoms. The van der Waals surface area contributed by atoms with E-state index in [1.54, 1.807) is 0 Å². The minimum atomic E-state index is -3.66. The number of ether oxygens (including phenoxy) is 2. The monoisotopic (exact) mass is 341 g/mol. The second kappa shape index (κ2) is 8.31.